The molecule has 0 bridgehead atoms. The number of urea groups is 1. The number of hydrogen-bond acceptors (Lipinski definition) is 4. The van der Waals surface area contributed by atoms with E-state index in [2.05, 4.69) is 33.4 Å². The van der Waals surface area contributed by atoms with Crippen LogP contribution in [0.2, 0.25) is 0 Å². The average molecular weight is 420 g/mol. The Morgan fingerprint density at radius 1 is 1.06 bits per heavy atom. The topological polar surface area (TPSA) is 84.8 Å². The van der Waals surface area contributed by atoms with Crippen LogP contribution in [0.1, 0.15) is 6.42 Å². The summed E-state index contributed by atoms with van der Waals surface area (Å²) in [6, 6.07) is 15.2. The number of nitrogens with one attached hydrogen (secondary N) is 2. The van der Waals surface area contributed by atoms with E-state index in [0.717, 1.165) is 11.2 Å². The number of benzene rings is 2. The fourth-order valence-corrected chi connectivity index (χ4v) is 4.12. The summed E-state index contributed by atoms with van der Waals surface area (Å²) in [6.45, 7) is 2.61. The maximum Gasteiger partial charge on any atom is 0.315 e. The third-order valence-electron chi connectivity index (χ3n) is 5.62. The number of para-hydroxylation sites is 1. The summed E-state index contributed by atoms with van der Waals surface area (Å²) in [7, 11) is 0. The third kappa shape index (κ3) is 4.01. The standard InChI is InChI=1S/C23H24N4O4/c28-22-13-17(15-27(22)18-5-6-20-21(14-18)31-12-11-30-20)25-23(29)24-8-10-26-9-7-16-3-1-2-4-19(16)26/h1-7,9,14,17H,8,10-13,15H2,(H2,24,25,29)/t17-/m0/s1. The van der Waals surface area contributed by atoms with Crippen molar-refractivity contribution in [2.24, 2.45) is 0 Å². The molecular formula is C23H24N4O4. The lowest BCUT2D eigenvalue weighted by Crippen LogP contribution is -2.44. The second kappa shape index (κ2) is 8.22. The van der Waals surface area contributed by atoms with Gasteiger partial charge < -0.3 is 29.6 Å². The van der Waals surface area contributed by atoms with Crippen molar-refractivity contribution >= 4 is 28.5 Å². The van der Waals surface area contributed by atoms with Gasteiger partial charge in [-0.15, -0.1) is 0 Å². The van der Waals surface area contributed by atoms with Crippen molar-refractivity contribution in [3.8, 4) is 11.5 Å². The summed E-state index contributed by atoms with van der Waals surface area (Å²) in [5.41, 5.74) is 1.89. The lowest BCUT2D eigenvalue weighted by Gasteiger charge is -2.22. The van der Waals surface area contributed by atoms with Gasteiger partial charge >= 0.3 is 6.03 Å². The van der Waals surface area contributed by atoms with Crippen LogP contribution >= 0.6 is 0 Å². The fourth-order valence-electron chi connectivity index (χ4n) is 4.12. The molecule has 3 heterocycles. The molecule has 31 heavy (non-hydrogen) atoms. The molecule has 2 aliphatic heterocycles. The Hall–Kier alpha value is -3.68. The molecule has 2 N–H and O–H groups in total. The summed E-state index contributed by atoms with van der Waals surface area (Å²) < 4.78 is 13.3. The first kappa shape index (κ1) is 19.3. The summed E-state index contributed by atoms with van der Waals surface area (Å²) in [4.78, 5) is 26.5. The van der Waals surface area contributed by atoms with E-state index in [1.165, 1.54) is 5.39 Å². The first-order valence-corrected chi connectivity index (χ1v) is 10.5. The number of carbonyl (C=O) groups excluding carboxylic acids is 2. The number of nitrogens with zero attached hydrogens (tertiary/aromatic N) is 2. The molecule has 0 saturated carbocycles. The van der Waals surface area contributed by atoms with E-state index in [-0.39, 0.29) is 24.4 Å². The molecule has 3 amide bonds. The Kier molecular flexibility index (Phi) is 5.11. The molecule has 2 aromatic carbocycles. The SMILES string of the molecule is O=C(NCCn1ccc2ccccc21)N[C@H]1CC(=O)N(c2ccc3c(c2)OCCO3)C1. The van der Waals surface area contributed by atoms with E-state index >= 15 is 0 Å². The summed E-state index contributed by atoms with van der Waals surface area (Å²) in [5.74, 6) is 1.30. The minimum absolute atomic E-state index is 0.0270. The van der Waals surface area contributed by atoms with Crippen molar-refractivity contribution in [1.82, 2.24) is 15.2 Å². The zero-order valence-electron chi connectivity index (χ0n) is 17.0. The van der Waals surface area contributed by atoms with Crippen LogP contribution in [0.25, 0.3) is 10.9 Å². The molecule has 1 fully saturated rings. The Labute approximate surface area is 179 Å². The maximum absolute atomic E-state index is 12.5. The van der Waals surface area contributed by atoms with Gasteiger partial charge in [-0.25, -0.2) is 4.79 Å². The van der Waals surface area contributed by atoms with E-state index in [1.54, 1.807) is 4.90 Å². The number of fused-ring (bicyclic) bond motifs is 2. The van der Waals surface area contributed by atoms with Crippen molar-refractivity contribution in [2.75, 3.05) is 31.2 Å². The highest BCUT2D eigenvalue weighted by Crippen LogP contribution is 2.35. The number of aromatic nitrogens is 1. The monoisotopic (exact) mass is 420 g/mol. The predicted molar refractivity (Wildman–Crippen MR) is 117 cm³/mol. The van der Waals surface area contributed by atoms with Crippen molar-refractivity contribution in [3.05, 3.63) is 54.7 Å². The molecule has 2 aliphatic rings. The van der Waals surface area contributed by atoms with Crippen LogP contribution in [-0.2, 0) is 11.3 Å². The zero-order chi connectivity index (χ0) is 21.2. The highest BCUT2D eigenvalue weighted by atomic mass is 16.6. The van der Waals surface area contributed by atoms with Gasteiger partial charge in [0.1, 0.15) is 13.2 Å². The summed E-state index contributed by atoms with van der Waals surface area (Å²) >= 11 is 0. The number of anilines is 1. The van der Waals surface area contributed by atoms with Crippen molar-refractivity contribution in [1.29, 1.82) is 0 Å². The van der Waals surface area contributed by atoms with Crippen molar-refractivity contribution in [2.45, 2.75) is 19.0 Å². The molecule has 1 atom stereocenters. The molecule has 160 valence electrons. The van der Waals surface area contributed by atoms with Gasteiger partial charge in [0.2, 0.25) is 5.91 Å². The summed E-state index contributed by atoms with van der Waals surface area (Å²) in [5, 5.41) is 6.97. The van der Waals surface area contributed by atoms with E-state index in [9.17, 15) is 9.59 Å². The Morgan fingerprint density at radius 3 is 2.81 bits per heavy atom. The van der Waals surface area contributed by atoms with Crippen LogP contribution in [0.4, 0.5) is 10.5 Å². The summed E-state index contributed by atoms with van der Waals surface area (Å²) in [6.07, 6.45) is 2.29. The third-order valence-corrected chi connectivity index (χ3v) is 5.62. The molecule has 0 radical (unpaired) electrons. The molecule has 8 heteroatoms. The molecule has 0 unspecified atom stereocenters. The highest BCUT2D eigenvalue weighted by molar-refractivity contribution is 5.97. The van der Waals surface area contributed by atoms with Gasteiger partial charge in [0.25, 0.3) is 0 Å². The first-order valence-electron chi connectivity index (χ1n) is 10.5. The highest BCUT2D eigenvalue weighted by Gasteiger charge is 2.32. The van der Waals surface area contributed by atoms with Gasteiger partial charge in [-0.3, -0.25) is 4.79 Å². The molecule has 3 aromatic rings. The van der Waals surface area contributed by atoms with Crippen LogP contribution in [-0.4, -0.2) is 48.9 Å². The van der Waals surface area contributed by atoms with E-state index < -0.39 is 0 Å². The minimum atomic E-state index is -0.265. The fraction of sp³-hybridized carbons (Fsp3) is 0.304. The largest absolute Gasteiger partial charge is 0.486 e. The second-order valence-electron chi connectivity index (χ2n) is 7.70. The van der Waals surface area contributed by atoms with Crippen molar-refractivity contribution in [3.63, 3.8) is 0 Å². The Morgan fingerprint density at radius 2 is 1.90 bits per heavy atom. The first-order chi connectivity index (χ1) is 15.2. The lowest BCUT2D eigenvalue weighted by atomic mass is 10.2. The molecular weight excluding hydrogens is 396 g/mol. The minimum Gasteiger partial charge on any atom is -0.486 e. The van der Waals surface area contributed by atoms with Crippen molar-refractivity contribution < 1.29 is 19.1 Å². The van der Waals surface area contributed by atoms with Crippen LogP contribution < -0.4 is 25.0 Å². The predicted octanol–water partition coefficient (Wildman–Crippen LogP) is 2.52. The van der Waals surface area contributed by atoms with E-state index in [4.69, 9.17) is 9.47 Å². The lowest BCUT2D eigenvalue weighted by molar-refractivity contribution is -0.117. The maximum atomic E-state index is 12.5. The number of ether oxygens (including phenoxy) is 2. The molecule has 8 nitrogen and oxygen atoms in total. The van der Waals surface area contributed by atoms with Gasteiger partial charge in [0, 0.05) is 49.5 Å². The second-order valence-corrected chi connectivity index (χ2v) is 7.70. The van der Waals surface area contributed by atoms with Gasteiger partial charge in [-0.2, -0.15) is 0 Å². The van der Waals surface area contributed by atoms with Gasteiger partial charge in [0.15, 0.2) is 11.5 Å². The normalized spacial score (nSPS) is 17.7. The molecule has 1 saturated heterocycles. The van der Waals surface area contributed by atoms with Gasteiger partial charge in [-0.05, 0) is 29.7 Å². The number of carbonyl (C=O) groups is 2. The number of rotatable bonds is 5. The zero-order valence-corrected chi connectivity index (χ0v) is 17.0. The Balaban J connectivity index is 1.14. The van der Waals surface area contributed by atoms with E-state index in [1.807, 2.05) is 36.5 Å². The number of hydrogen-bond donors (Lipinski definition) is 2. The Bertz CT molecular complexity index is 1130. The number of amides is 3. The van der Waals surface area contributed by atoms with Crippen LogP contribution in [0, 0.1) is 0 Å². The molecule has 1 aromatic heterocycles. The molecule has 5 rings (SSSR count). The van der Waals surface area contributed by atoms with Crippen LogP contribution in [0.3, 0.4) is 0 Å². The van der Waals surface area contributed by atoms with Gasteiger partial charge in [0.05, 0.1) is 6.04 Å². The average Bonchev–Trinajstić information content (AvgIpc) is 3.36. The quantitative estimate of drug-likeness (QED) is 0.664. The van der Waals surface area contributed by atoms with Crippen LogP contribution in [0.15, 0.2) is 54.7 Å². The molecule has 0 aliphatic carbocycles. The smallest absolute Gasteiger partial charge is 0.315 e. The van der Waals surface area contributed by atoms with Gasteiger partial charge in [-0.1, -0.05) is 18.2 Å². The van der Waals surface area contributed by atoms with Crippen LogP contribution in [0.5, 0.6) is 11.5 Å². The molecule has 0 spiro atoms. The van der Waals surface area contributed by atoms with E-state index in [0.29, 0.717) is 44.3 Å².